The van der Waals surface area contributed by atoms with Crippen molar-refractivity contribution in [1.29, 1.82) is 0 Å². The Labute approximate surface area is 220 Å². The lowest BCUT2D eigenvalue weighted by Crippen LogP contribution is -2.54. The fourth-order valence-electron chi connectivity index (χ4n) is 3.35. The van der Waals surface area contributed by atoms with E-state index in [0.29, 0.717) is 9.50 Å². The zero-order chi connectivity index (χ0) is 26.2. The number of amides is 4. The van der Waals surface area contributed by atoms with E-state index < -0.39 is 33.5 Å². The zero-order valence-corrected chi connectivity index (χ0v) is 22.1. The van der Waals surface area contributed by atoms with Crippen molar-refractivity contribution >= 4 is 67.3 Å². The lowest BCUT2D eigenvalue weighted by molar-refractivity contribution is -0.122. The van der Waals surface area contributed by atoms with E-state index in [4.69, 9.17) is 15.8 Å². The van der Waals surface area contributed by atoms with Crippen LogP contribution in [0.5, 0.6) is 5.75 Å². The number of halogens is 2. The number of carbonyl (C=O) groups is 3. The minimum atomic E-state index is -4.21. The van der Waals surface area contributed by atoms with Crippen LogP contribution in [-0.4, -0.2) is 26.3 Å². The van der Waals surface area contributed by atoms with Crippen molar-refractivity contribution in [2.75, 3.05) is 4.90 Å². The number of nitrogens with one attached hydrogen (secondary N) is 1. The lowest BCUT2D eigenvalue weighted by Gasteiger charge is -2.26. The van der Waals surface area contributed by atoms with Crippen LogP contribution < -0.4 is 14.4 Å². The molecule has 1 saturated heterocycles. The predicted octanol–water partition coefficient (Wildman–Crippen LogP) is 5.15. The fourth-order valence-corrected chi connectivity index (χ4v) is 4.85. The number of barbiturate groups is 1. The first-order chi connectivity index (χ1) is 17.0. The van der Waals surface area contributed by atoms with E-state index in [1.54, 1.807) is 31.2 Å². The monoisotopic (exact) mass is 588 g/mol. The van der Waals surface area contributed by atoms with Gasteiger partial charge in [0.2, 0.25) is 0 Å². The Morgan fingerprint density at radius 3 is 2.33 bits per heavy atom. The number of carbonyl (C=O) groups excluding carboxylic acids is 3. The molecular weight excluding hydrogens is 572 g/mol. The summed E-state index contributed by atoms with van der Waals surface area (Å²) in [6, 6.07) is 14.2. The Hall–Kier alpha value is -3.47. The maximum Gasteiger partial charge on any atom is 0.339 e. The van der Waals surface area contributed by atoms with Crippen molar-refractivity contribution in [2.24, 2.45) is 0 Å². The summed E-state index contributed by atoms with van der Waals surface area (Å²) < 4.78 is 31.6. The second-order valence-corrected chi connectivity index (χ2v) is 10.8. The van der Waals surface area contributed by atoms with Crippen molar-refractivity contribution in [2.45, 2.75) is 18.7 Å². The molecule has 184 valence electrons. The van der Waals surface area contributed by atoms with Gasteiger partial charge in [-0.05, 0) is 68.0 Å². The first-order valence-corrected chi connectivity index (χ1v) is 13.0. The molecule has 3 aromatic carbocycles. The van der Waals surface area contributed by atoms with Gasteiger partial charge in [0.1, 0.15) is 16.2 Å². The molecule has 1 aliphatic rings. The highest BCUT2D eigenvalue weighted by Crippen LogP contribution is 2.31. The summed E-state index contributed by atoms with van der Waals surface area (Å²) in [7, 11) is -4.21. The van der Waals surface area contributed by atoms with Gasteiger partial charge in [-0.25, -0.2) is 9.69 Å². The second-order valence-electron chi connectivity index (χ2n) is 7.92. The Kier molecular flexibility index (Phi) is 7.03. The van der Waals surface area contributed by atoms with E-state index in [0.717, 1.165) is 22.1 Å². The van der Waals surface area contributed by atoms with Crippen molar-refractivity contribution < 1.29 is 27.0 Å². The number of benzene rings is 3. The van der Waals surface area contributed by atoms with Gasteiger partial charge in [-0.1, -0.05) is 51.3 Å². The molecule has 1 N–H and O–H groups in total. The van der Waals surface area contributed by atoms with Crippen LogP contribution >= 0.6 is 27.5 Å². The van der Waals surface area contributed by atoms with E-state index in [9.17, 15) is 22.8 Å². The highest BCUT2D eigenvalue weighted by atomic mass is 79.9. The molecule has 0 spiro atoms. The molecule has 0 aliphatic carbocycles. The van der Waals surface area contributed by atoms with Crippen LogP contribution in [-0.2, 0) is 19.7 Å². The predicted molar refractivity (Wildman–Crippen MR) is 138 cm³/mol. The summed E-state index contributed by atoms with van der Waals surface area (Å²) in [5.74, 6) is -1.96. The summed E-state index contributed by atoms with van der Waals surface area (Å²) in [5.41, 5.74) is 1.50. The van der Waals surface area contributed by atoms with Gasteiger partial charge in [-0.15, -0.1) is 0 Å². The van der Waals surface area contributed by atoms with Gasteiger partial charge in [0, 0.05) is 15.1 Å². The Bertz CT molecular complexity index is 1550. The van der Waals surface area contributed by atoms with Gasteiger partial charge in [-0.2, -0.15) is 8.42 Å². The minimum absolute atomic E-state index is 0.0610. The topological polar surface area (TPSA) is 110 Å². The molecule has 0 bridgehead atoms. The number of rotatable bonds is 5. The maximum absolute atomic E-state index is 13.2. The van der Waals surface area contributed by atoms with Crippen LogP contribution in [0.15, 0.2) is 75.6 Å². The van der Waals surface area contributed by atoms with E-state index in [1.807, 2.05) is 6.92 Å². The van der Waals surface area contributed by atoms with Crippen LogP contribution in [0.2, 0.25) is 5.02 Å². The molecule has 4 amide bonds. The number of hydrogen-bond acceptors (Lipinski definition) is 6. The van der Waals surface area contributed by atoms with Crippen LogP contribution in [0, 0.1) is 13.8 Å². The molecule has 36 heavy (non-hydrogen) atoms. The SMILES string of the molecule is Cc1ccc(S(=O)(=O)Oc2ccc(Br)cc2/C=C2\C(=O)NC(=O)N(c3ccc(C)c(Cl)c3)C2=O)cc1. The molecule has 4 rings (SSSR count). The fraction of sp³-hybridized carbons (Fsp3) is 0.0800. The molecule has 0 aromatic heterocycles. The number of nitrogens with zero attached hydrogens (tertiary/aromatic N) is 1. The normalized spacial score (nSPS) is 15.3. The molecule has 0 unspecified atom stereocenters. The van der Waals surface area contributed by atoms with Gasteiger partial charge in [-0.3, -0.25) is 14.9 Å². The highest BCUT2D eigenvalue weighted by molar-refractivity contribution is 9.10. The van der Waals surface area contributed by atoms with Crippen LogP contribution in [0.3, 0.4) is 0 Å². The van der Waals surface area contributed by atoms with E-state index in [1.165, 1.54) is 36.4 Å². The van der Waals surface area contributed by atoms with Crippen molar-refractivity contribution in [3.63, 3.8) is 0 Å². The molecule has 3 aromatic rings. The highest BCUT2D eigenvalue weighted by Gasteiger charge is 2.37. The average molecular weight is 590 g/mol. The lowest BCUT2D eigenvalue weighted by atomic mass is 10.1. The van der Waals surface area contributed by atoms with Gasteiger partial charge in [0.05, 0.1) is 5.69 Å². The molecule has 0 radical (unpaired) electrons. The second kappa shape index (κ2) is 9.88. The molecule has 0 saturated carbocycles. The smallest absolute Gasteiger partial charge is 0.339 e. The molecule has 11 heteroatoms. The van der Waals surface area contributed by atoms with E-state index in [2.05, 4.69) is 21.2 Å². The van der Waals surface area contributed by atoms with Gasteiger partial charge < -0.3 is 4.18 Å². The summed E-state index contributed by atoms with van der Waals surface area (Å²) in [6.07, 6.45) is 1.16. The molecule has 1 fully saturated rings. The Morgan fingerprint density at radius 2 is 1.67 bits per heavy atom. The van der Waals surface area contributed by atoms with Crippen LogP contribution in [0.25, 0.3) is 6.08 Å². The number of anilines is 1. The first kappa shape index (κ1) is 25.6. The summed E-state index contributed by atoms with van der Waals surface area (Å²) in [5, 5.41) is 2.45. The van der Waals surface area contributed by atoms with E-state index >= 15 is 0 Å². The number of imide groups is 2. The number of aryl methyl sites for hydroxylation is 2. The maximum atomic E-state index is 13.2. The third-order valence-corrected chi connectivity index (χ3v) is 7.45. The van der Waals surface area contributed by atoms with E-state index in [-0.39, 0.29) is 21.9 Å². The average Bonchev–Trinajstić information content (AvgIpc) is 2.80. The van der Waals surface area contributed by atoms with Crippen molar-refractivity contribution in [3.8, 4) is 5.75 Å². The van der Waals surface area contributed by atoms with Crippen molar-refractivity contribution in [1.82, 2.24) is 5.32 Å². The molecule has 8 nitrogen and oxygen atoms in total. The molecule has 0 atom stereocenters. The third kappa shape index (κ3) is 5.20. The molecule has 1 heterocycles. The molecular formula is C25H18BrClN2O6S. The Morgan fingerprint density at radius 1 is 0.972 bits per heavy atom. The van der Waals surface area contributed by atoms with Gasteiger partial charge >= 0.3 is 16.1 Å². The quantitative estimate of drug-likeness (QED) is 0.250. The minimum Gasteiger partial charge on any atom is -0.378 e. The zero-order valence-electron chi connectivity index (χ0n) is 18.9. The third-order valence-electron chi connectivity index (χ3n) is 5.30. The number of urea groups is 1. The standard InChI is InChI=1S/C25H18BrClN2O6S/c1-14-3-8-19(9-4-14)36(33,34)35-22-10-6-17(26)11-16(22)12-20-23(30)28-25(32)29(24(20)31)18-7-5-15(2)21(27)13-18/h3-13H,1-2H3,(H,28,30,32)/b20-12+. The van der Waals surface area contributed by atoms with Gasteiger partial charge in [0.15, 0.2) is 0 Å². The summed E-state index contributed by atoms with van der Waals surface area (Å²) in [6.45, 7) is 3.58. The van der Waals surface area contributed by atoms with Crippen molar-refractivity contribution in [3.05, 3.63) is 92.4 Å². The van der Waals surface area contributed by atoms with Crippen LogP contribution in [0.1, 0.15) is 16.7 Å². The first-order valence-electron chi connectivity index (χ1n) is 10.4. The Balaban J connectivity index is 1.75. The number of hydrogen-bond donors (Lipinski definition) is 1. The largest absolute Gasteiger partial charge is 0.378 e. The van der Waals surface area contributed by atoms with Crippen LogP contribution in [0.4, 0.5) is 10.5 Å². The summed E-state index contributed by atoms with van der Waals surface area (Å²) in [4.78, 5) is 39.1. The molecule has 1 aliphatic heterocycles. The van der Waals surface area contributed by atoms with Gasteiger partial charge in [0.25, 0.3) is 11.8 Å². The summed E-state index contributed by atoms with van der Waals surface area (Å²) >= 11 is 9.45.